The molecule has 0 aromatic carbocycles. The molecule has 3 heterocycles. The molecule has 0 N–H and O–H groups in total. The average Bonchev–Trinajstić information content (AvgIpc) is 3.07. The summed E-state index contributed by atoms with van der Waals surface area (Å²) in [6.07, 6.45) is 2.15. The molecular weight excluding hydrogens is 274 g/mol. The summed E-state index contributed by atoms with van der Waals surface area (Å²) in [6, 6.07) is 0. The first-order valence-electron chi connectivity index (χ1n) is 7.29. The Morgan fingerprint density at radius 2 is 2.15 bits per heavy atom. The fourth-order valence-electron chi connectivity index (χ4n) is 3.25. The summed E-state index contributed by atoms with van der Waals surface area (Å²) in [6.45, 7) is 5.45. The monoisotopic (exact) mass is 295 g/mol. The summed E-state index contributed by atoms with van der Waals surface area (Å²) >= 11 is 6.10. The number of halogens is 1. The number of hydrogen-bond donors (Lipinski definition) is 0. The first-order valence-corrected chi connectivity index (χ1v) is 7.83. The van der Waals surface area contributed by atoms with Crippen LogP contribution in [0.2, 0.25) is 0 Å². The number of fused-ring (bicyclic) bond motifs is 1. The van der Waals surface area contributed by atoms with Crippen molar-refractivity contribution in [3.05, 3.63) is 11.5 Å². The number of aromatic nitrogens is 4. The van der Waals surface area contributed by atoms with E-state index in [1.54, 1.807) is 0 Å². The van der Waals surface area contributed by atoms with Gasteiger partial charge in [0, 0.05) is 20.1 Å². The fraction of sp³-hybridized carbons (Fsp3) is 0.714. The van der Waals surface area contributed by atoms with Gasteiger partial charge in [0.1, 0.15) is 11.3 Å². The Hall–Kier alpha value is -1.07. The summed E-state index contributed by atoms with van der Waals surface area (Å²) in [5.74, 6) is 2.11. The summed E-state index contributed by atoms with van der Waals surface area (Å²) in [4.78, 5) is 7.11. The van der Waals surface area contributed by atoms with Crippen LogP contribution in [0.15, 0.2) is 0 Å². The molecule has 1 fully saturated rings. The highest BCUT2D eigenvalue weighted by Crippen LogP contribution is 2.24. The van der Waals surface area contributed by atoms with E-state index in [0.717, 1.165) is 42.2 Å². The van der Waals surface area contributed by atoms with E-state index >= 15 is 0 Å². The van der Waals surface area contributed by atoms with Gasteiger partial charge in [0.2, 0.25) is 0 Å². The lowest BCUT2D eigenvalue weighted by Gasteiger charge is -2.14. The maximum Gasteiger partial charge on any atom is 0.158 e. The van der Waals surface area contributed by atoms with Gasteiger partial charge in [-0.1, -0.05) is 6.92 Å². The Labute approximate surface area is 124 Å². The highest BCUT2D eigenvalue weighted by atomic mass is 35.5. The van der Waals surface area contributed by atoms with E-state index in [9.17, 15) is 0 Å². The second-order valence-corrected chi connectivity index (χ2v) is 6.05. The van der Waals surface area contributed by atoms with E-state index < -0.39 is 0 Å². The quantitative estimate of drug-likeness (QED) is 0.810. The van der Waals surface area contributed by atoms with E-state index in [4.69, 9.17) is 16.6 Å². The van der Waals surface area contributed by atoms with Gasteiger partial charge in [-0.2, -0.15) is 5.10 Å². The zero-order chi connectivity index (χ0) is 14.3. The second kappa shape index (κ2) is 5.37. The summed E-state index contributed by atoms with van der Waals surface area (Å²) in [5.41, 5.74) is 3.21. The van der Waals surface area contributed by atoms with E-state index in [1.807, 2.05) is 11.7 Å². The molecule has 2 aromatic heterocycles. The maximum absolute atomic E-state index is 6.10. The highest BCUT2D eigenvalue weighted by Gasteiger charge is 2.24. The van der Waals surface area contributed by atoms with Crippen molar-refractivity contribution in [2.75, 3.05) is 20.1 Å². The van der Waals surface area contributed by atoms with E-state index in [2.05, 4.69) is 28.5 Å². The largest absolute Gasteiger partial charge is 0.312 e. The van der Waals surface area contributed by atoms with Crippen molar-refractivity contribution in [2.24, 2.45) is 13.0 Å². The number of nitrogens with zero attached hydrogens (tertiary/aromatic N) is 5. The van der Waals surface area contributed by atoms with Crippen LogP contribution >= 0.6 is 11.6 Å². The van der Waals surface area contributed by atoms with Crippen LogP contribution in [-0.2, 0) is 25.9 Å². The first-order chi connectivity index (χ1) is 9.63. The van der Waals surface area contributed by atoms with Crippen molar-refractivity contribution in [3.8, 4) is 0 Å². The third-order valence-electron chi connectivity index (χ3n) is 4.25. The predicted octanol–water partition coefficient (Wildman–Crippen LogP) is 2.02. The minimum atomic E-state index is 0.459. The number of aryl methyl sites for hydroxylation is 2. The molecule has 1 aliphatic rings. The molecule has 1 aliphatic heterocycles. The van der Waals surface area contributed by atoms with Crippen LogP contribution in [0.3, 0.4) is 0 Å². The van der Waals surface area contributed by atoms with Gasteiger partial charge in [-0.05, 0) is 32.4 Å². The van der Waals surface area contributed by atoms with E-state index in [0.29, 0.717) is 11.8 Å². The van der Waals surface area contributed by atoms with Gasteiger partial charge in [0.25, 0.3) is 0 Å². The normalized spacial score (nSPS) is 20.3. The molecule has 110 valence electrons. The van der Waals surface area contributed by atoms with Crippen LogP contribution < -0.4 is 0 Å². The Kier molecular flexibility index (Phi) is 3.73. The van der Waals surface area contributed by atoms with Crippen LogP contribution in [0, 0.1) is 5.92 Å². The topological polar surface area (TPSA) is 38.9 Å². The molecular formula is C14H22ClN5. The minimum Gasteiger partial charge on any atom is -0.312 e. The van der Waals surface area contributed by atoms with Crippen molar-refractivity contribution in [2.45, 2.75) is 32.2 Å². The molecule has 0 spiro atoms. The standard InChI is InChI=1S/C14H22ClN5/c1-4-11-13-14(19(3)17-11)20(12(7-15)16-13)9-10-5-6-18(2)8-10/h10H,4-9H2,1-3H3. The van der Waals surface area contributed by atoms with Crippen molar-refractivity contribution < 1.29 is 0 Å². The minimum absolute atomic E-state index is 0.459. The van der Waals surface area contributed by atoms with Gasteiger partial charge in [-0.3, -0.25) is 4.68 Å². The Balaban J connectivity index is 2.01. The van der Waals surface area contributed by atoms with Crippen LogP contribution in [0.25, 0.3) is 11.2 Å². The molecule has 0 saturated carbocycles. The molecule has 20 heavy (non-hydrogen) atoms. The average molecular weight is 296 g/mol. The molecule has 0 radical (unpaired) electrons. The zero-order valence-electron chi connectivity index (χ0n) is 12.4. The van der Waals surface area contributed by atoms with E-state index in [1.165, 1.54) is 13.0 Å². The molecule has 0 amide bonds. The molecule has 5 nitrogen and oxygen atoms in total. The number of hydrogen-bond acceptors (Lipinski definition) is 3. The van der Waals surface area contributed by atoms with Gasteiger partial charge in [-0.15, -0.1) is 11.6 Å². The van der Waals surface area contributed by atoms with E-state index in [-0.39, 0.29) is 0 Å². The Morgan fingerprint density at radius 1 is 1.35 bits per heavy atom. The molecule has 0 bridgehead atoms. The maximum atomic E-state index is 6.10. The van der Waals surface area contributed by atoms with Crippen LogP contribution in [0.1, 0.15) is 24.9 Å². The van der Waals surface area contributed by atoms with Crippen molar-refractivity contribution in [3.63, 3.8) is 0 Å². The molecule has 1 saturated heterocycles. The van der Waals surface area contributed by atoms with Gasteiger partial charge >= 0.3 is 0 Å². The summed E-state index contributed by atoms with van der Waals surface area (Å²) < 4.78 is 4.23. The SMILES string of the molecule is CCc1nn(C)c2c1nc(CCl)n2CC1CCN(C)C1. The van der Waals surface area contributed by atoms with Crippen molar-refractivity contribution >= 4 is 22.8 Å². The molecule has 6 heteroatoms. The number of alkyl halides is 1. The summed E-state index contributed by atoms with van der Waals surface area (Å²) in [5, 5.41) is 4.57. The Morgan fingerprint density at radius 3 is 2.75 bits per heavy atom. The fourth-order valence-corrected chi connectivity index (χ4v) is 3.46. The van der Waals surface area contributed by atoms with Gasteiger partial charge < -0.3 is 9.47 Å². The van der Waals surface area contributed by atoms with Crippen LogP contribution in [-0.4, -0.2) is 44.4 Å². The molecule has 3 rings (SSSR count). The summed E-state index contributed by atoms with van der Waals surface area (Å²) in [7, 11) is 4.18. The predicted molar refractivity (Wildman–Crippen MR) is 81.0 cm³/mol. The van der Waals surface area contributed by atoms with Crippen LogP contribution in [0.4, 0.5) is 0 Å². The van der Waals surface area contributed by atoms with Crippen molar-refractivity contribution in [1.29, 1.82) is 0 Å². The zero-order valence-corrected chi connectivity index (χ0v) is 13.2. The van der Waals surface area contributed by atoms with Gasteiger partial charge in [0.05, 0.1) is 11.6 Å². The number of rotatable bonds is 4. The second-order valence-electron chi connectivity index (χ2n) is 5.79. The first kappa shape index (κ1) is 13.9. The third kappa shape index (κ3) is 2.23. The molecule has 1 unspecified atom stereocenters. The third-order valence-corrected chi connectivity index (χ3v) is 4.49. The molecule has 2 aromatic rings. The number of likely N-dealkylation sites (tertiary alicyclic amines) is 1. The molecule has 0 aliphatic carbocycles. The highest BCUT2D eigenvalue weighted by molar-refractivity contribution is 6.16. The Bertz CT molecular complexity index is 615. The van der Waals surface area contributed by atoms with Crippen LogP contribution in [0.5, 0.6) is 0 Å². The molecule has 1 atom stereocenters. The lowest BCUT2D eigenvalue weighted by Crippen LogP contribution is -2.18. The van der Waals surface area contributed by atoms with Gasteiger partial charge in [-0.25, -0.2) is 4.98 Å². The lowest BCUT2D eigenvalue weighted by molar-refractivity contribution is 0.377. The van der Waals surface area contributed by atoms with Crippen molar-refractivity contribution in [1.82, 2.24) is 24.2 Å². The number of imidazole rings is 1. The lowest BCUT2D eigenvalue weighted by atomic mass is 10.1. The van der Waals surface area contributed by atoms with Gasteiger partial charge in [0.15, 0.2) is 5.65 Å². The smallest absolute Gasteiger partial charge is 0.158 e.